The van der Waals surface area contributed by atoms with E-state index in [1.807, 2.05) is 32.0 Å². The Kier molecular flexibility index (Phi) is 8.55. The Labute approximate surface area is 185 Å². The minimum atomic E-state index is -1.08. The first-order chi connectivity index (χ1) is 14.6. The Bertz CT molecular complexity index is 935. The zero-order valence-electron chi connectivity index (χ0n) is 19.2. The van der Waals surface area contributed by atoms with Gasteiger partial charge in [0.05, 0.1) is 5.41 Å². The number of esters is 1. The lowest BCUT2D eigenvalue weighted by Crippen LogP contribution is -2.17. The van der Waals surface area contributed by atoms with Crippen LogP contribution in [0.1, 0.15) is 63.1 Å². The first-order valence-corrected chi connectivity index (χ1v) is 10.8. The van der Waals surface area contributed by atoms with Crippen LogP contribution in [-0.2, 0) is 15.0 Å². The van der Waals surface area contributed by atoms with Crippen LogP contribution in [0.5, 0.6) is 5.75 Å². The monoisotopic (exact) mass is 423 g/mol. The molecule has 166 valence electrons. The minimum Gasteiger partial charge on any atom is -0.550 e. The Morgan fingerprint density at radius 1 is 0.968 bits per heavy atom. The van der Waals surface area contributed by atoms with Gasteiger partial charge in [0.1, 0.15) is 12.3 Å². The molecule has 2 aromatic rings. The Hall–Kier alpha value is -2.95. The highest BCUT2D eigenvalue weighted by Crippen LogP contribution is 2.35. The number of hydrogen-bond donors (Lipinski definition) is 0. The lowest BCUT2D eigenvalue weighted by molar-refractivity contribution is -0.434. The molecule has 2 aromatic carbocycles. The van der Waals surface area contributed by atoms with E-state index in [0.29, 0.717) is 12.2 Å². The average molecular weight is 424 g/mol. The fourth-order valence-electron chi connectivity index (χ4n) is 3.84. The number of rotatable bonds is 7. The summed E-state index contributed by atoms with van der Waals surface area (Å²) >= 11 is 0. The van der Waals surface area contributed by atoms with Crippen LogP contribution in [0.4, 0.5) is 5.69 Å². The van der Waals surface area contributed by atoms with Gasteiger partial charge in [0.15, 0.2) is 6.21 Å². The molecule has 3 rings (SSSR count). The molecule has 1 aliphatic heterocycles. The van der Waals surface area contributed by atoms with Gasteiger partial charge in [0.2, 0.25) is 5.69 Å². The average Bonchev–Trinajstić information content (AvgIpc) is 2.95. The number of hydrogen-bond acceptors (Lipinski definition) is 4. The number of unbranched alkanes of at least 4 members (excludes halogenated alkanes) is 2. The maximum absolute atomic E-state index is 12.1. The number of carboxylic acids is 1. The van der Waals surface area contributed by atoms with E-state index in [0.717, 1.165) is 43.9 Å². The van der Waals surface area contributed by atoms with E-state index in [9.17, 15) is 4.79 Å². The number of carboxylic acid groups (broad SMARTS) is 1. The smallest absolute Gasteiger partial charge is 0.311 e. The van der Waals surface area contributed by atoms with E-state index < -0.39 is 5.97 Å². The minimum absolute atomic E-state index is 0.0891. The molecule has 1 aliphatic rings. The number of para-hydroxylation sites is 2. The van der Waals surface area contributed by atoms with Crippen LogP contribution in [0.25, 0.3) is 0 Å². The molecule has 5 heteroatoms. The van der Waals surface area contributed by atoms with Crippen LogP contribution in [0.3, 0.4) is 0 Å². The lowest BCUT2D eigenvalue weighted by Gasteiger charge is -2.10. The number of benzene rings is 2. The summed E-state index contributed by atoms with van der Waals surface area (Å²) in [5.41, 5.74) is 4.81. The molecule has 0 N–H and O–H groups in total. The van der Waals surface area contributed by atoms with Gasteiger partial charge in [-0.25, -0.2) is 4.58 Å². The fourth-order valence-corrected chi connectivity index (χ4v) is 3.84. The predicted molar refractivity (Wildman–Crippen MR) is 121 cm³/mol. The van der Waals surface area contributed by atoms with Gasteiger partial charge in [-0.1, -0.05) is 36.4 Å². The molecule has 0 amide bonds. The van der Waals surface area contributed by atoms with Gasteiger partial charge in [-0.05, 0) is 58.6 Å². The second-order valence-corrected chi connectivity index (χ2v) is 8.56. The standard InChI is InChI=1S/C24H30NO2.C2H4O2/c1-18-11-10-12-19(2)23(18)27-22(26)15-6-5-9-16-25-17-24(3,4)20-13-7-8-14-21(20)25;1-2(3)4/h7-8,10-14,17H,5-6,9,15-16H2,1-4H3;1H3,(H,3,4)/q+1;/p-1. The van der Waals surface area contributed by atoms with Crippen LogP contribution in [0.15, 0.2) is 42.5 Å². The number of carbonyl (C=O) groups is 2. The summed E-state index contributed by atoms with van der Waals surface area (Å²) in [7, 11) is 0. The second-order valence-electron chi connectivity index (χ2n) is 8.56. The summed E-state index contributed by atoms with van der Waals surface area (Å²) in [6.07, 6.45) is 5.75. The molecule has 0 unspecified atom stereocenters. The van der Waals surface area contributed by atoms with Crippen LogP contribution in [-0.4, -0.2) is 29.3 Å². The molecule has 5 nitrogen and oxygen atoms in total. The van der Waals surface area contributed by atoms with Gasteiger partial charge in [0, 0.05) is 30.4 Å². The maximum atomic E-state index is 12.1. The van der Waals surface area contributed by atoms with Crippen molar-refractivity contribution in [2.75, 3.05) is 6.54 Å². The van der Waals surface area contributed by atoms with E-state index in [2.05, 4.69) is 48.9 Å². The van der Waals surface area contributed by atoms with Crippen molar-refractivity contribution < 1.29 is 24.0 Å². The van der Waals surface area contributed by atoms with Crippen LogP contribution < -0.4 is 9.84 Å². The molecule has 0 aliphatic carbocycles. The SMILES string of the molecule is CC(=O)[O-].Cc1cccc(C)c1OC(=O)CCCCC[N+]1=CC(C)(C)c2ccccc21. The third-order valence-electron chi connectivity index (χ3n) is 5.29. The number of carbonyl (C=O) groups excluding carboxylic acids is 2. The quantitative estimate of drug-likeness (QED) is 0.289. The van der Waals surface area contributed by atoms with E-state index in [4.69, 9.17) is 14.6 Å². The zero-order chi connectivity index (χ0) is 23.0. The van der Waals surface area contributed by atoms with Crippen molar-refractivity contribution in [2.45, 2.75) is 65.7 Å². The van der Waals surface area contributed by atoms with Gasteiger partial charge in [0.25, 0.3) is 0 Å². The second kappa shape index (κ2) is 10.9. The molecule has 0 aromatic heterocycles. The number of fused-ring (bicyclic) bond motifs is 1. The molecule has 0 saturated carbocycles. The van der Waals surface area contributed by atoms with Crippen molar-refractivity contribution in [3.8, 4) is 5.75 Å². The van der Waals surface area contributed by atoms with Gasteiger partial charge < -0.3 is 14.6 Å². The summed E-state index contributed by atoms with van der Waals surface area (Å²) in [4.78, 5) is 21.0. The van der Waals surface area contributed by atoms with Crippen molar-refractivity contribution in [3.63, 3.8) is 0 Å². The normalized spacial score (nSPS) is 13.5. The first-order valence-electron chi connectivity index (χ1n) is 10.8. The van der Waals surface area contributed by atoms with Crippen molar-refractivity contribution in [1.82, 2.24) is 0 Å². The summed E-state index contributed by atoms with van der Waals surface area (Å²) in [6.45, 7) is 10.4. The van der Waals surface area contributed by atoms with E-state index >= 15 is 0 Å². The van der Waals surface area contributed by atoms with E-state index in [1.54, 1.807) is 0 Å². The highest BCUT2D eigenvalue weighted by atomic mass is 16.5. The Balaban J connectivity index is 0.000000785. The molecule has 0 atom stereocenters. The largest absolute Gasteiger partial charge is 0.550 e. The molecular weight excluding hydrogens is 390 g/mol. The third-order valence-corrected chi connectivity index (χ3v) is 5.29. The predicted octanol–water partition coefficient (Wildman–Crippen LogP) is 4.23. The summed E-state index contributed by atoms with van der Waals surface area (Å²) in [6, 6.07) is 14.6. The Morgan fingerprint density at radius 3 is 2.23 bits per heavy atom. The van der Waals surface area contributed by atoms with Crippen molar-refractivity contribution in [1.29, 1.82) is 0 Å². The van der Waals surface area contributed by atoms with Crippen molar-refractivity contribution in [3.05, 3.63) is 59.2 Å². The molecule has 0 spiro atoms. The summed E-state index contributed by atoms with van der Waals surface area (Å²) in [5.74, 6) is -0.500. The Morgan fingerprint density at radius 2 is 1.58 bits per heavy atom. The maximum Gasteiger partial charge on any atom is 0.311 e. The number of ether oxygens (including phenoxy) is 1. The number of aryl methyl sites for hydroxylation is 2. The van der Waals surface area contributed by atoms with Gasteiger partial charge in [-0.3, -0.25) is 4.79 Å². The van der Waals surface area contributed by atoms with E-state index in [-0.39, 0.29) is 11.4 Å². The van der Waals surface area contributed by atoms with Gasteiger partial charge >= 0.3 is 5.97 Å². The molecule has 0 fully saturated rings. The highest BCUT2D eigenvalue weighted by molar-refractivity contribution is 5.76. The lowest BCUT2D eigenvalue weighted by atomic mass is 9.87. The highest BCUT2D eigenvalue weighted by Gasteiger charge is 2.36. The van der Waals surface area contributed by atoms with Crippen LogP contribution >= 0.6 is 0 Å². The third kappa shape index (κ3) is 7.06. The molecule has 0 radical (unpaired) electrons. The number of aliphatic carboxylic acids is 1. The zero-order valence-corrected chi connectivity index (χ0v) is 19.2. The summed E-state index contributed by atoms with van der Waals surface area (Å²) in [5, 5.41) is 8.89. The number of nitrogens with zero attached hydrogens (tertiary/aromatic N) is 1. The first kappa shape index (κ1) is 24.3. The topological polar surface area (TPSA) is 69.4 Å². The molecule has 0 saturated heterocycles. The summed E-state index contributed by atoms with van der Waals surface area (Å²) < 4.78 is 7.94. The van der Waals surface area contributed by atoms with Crippen LogP contribution in [0, 0.1) is 13.8 Å². The molecular formula is C26H33NO4. The fraction of sp³-hybridized carbons (Fsp3) is 0.423. The molecule has 0 bridgehead atoms. The molecule has 31 heavy (non-hydrogen) atoms. The molecule has 1 heterocycles. The van der Waals surface area contributed by atoms with Gasteiger partial charge in [-0.2, -0.15) is 0 Å². The van der Waals surface area contributed by atoms with Crippen molar-refractivity contribution >= 4 is 23.8 Å². The van der Waals surface area contributed by atoms with E-state index in [1.165, 1.54) is 11.3 Å². The van der Waals surface area contributed by atoms with Gasteiger partial charge in [-0.15, -0.1) is 0 Å². The van der Waals surface area contributed by atoms with Crippen molar-refractivity contribution in [2.24, 2.45) is 0 Å². The van der Waals surface area contributed by atoms with Crippen LogP contribution in [0.2, 0.25) is 0 Å².